The SMILES string of the molecule is CCCCCCCC.CCCCCCCC.Nc1nc(N2CCNCC2)cc(N2CCc3ccccc3C2)n1. The highest BCUT2D eigenvalue weighted by Gasteiger charge is 2.20. The van der Waals surface area contributed by atoms with Gasteiger partial charge in [0.25, 0.3) is 0 Å². The van der Waals surface area contributed by atoms with Crippen molar-refractivity contribution in [2.45, 2.75) is 118 Å². The first-order chi connectivity index (χ1) is 19.1. The second kappa shape index (κ2) is 20.5. The molecule has 6 heteroatoms. The van der Waals surface area contributed by atoms with Gasteiger partial charge in [-0.2, -0.15) is 9.97 Å². The first-order valence-electron chi connectivity index (χ1n) is 16.0. The molecule has 2 aromatic rings. The third-order valence-electron chi connectivity index (χ3n) is 7.53. The first kappa shape index (κ1) is 32.9. The lowest BCUT2D eigenvalue weighted by Gasteiger charge is -2.32. The van der Waals surface area contributed by atoms with Gasteiger partial charge in [-0.25, -0.2) is 0 Å². The highest BCUT2D eigenvalue weighted by atomic mass is 15.3. The Labute approximate surface area is 240 Å². The van der Waals surface area contributed by atoms with Gasteiger partial charge in [0, 0.05) is 45.3 Å². The summed E-state index contributed by atoms with van der Waals surface area (Å²) in [6.45, 7) is 14.8. The van der Waals surface area contributed by atoms with Crippen molar-refractivity contribution >= 4 is 17.6 Å². The number of nitrogens with two attached hydrogens (primary N) is 1. The molecule has 3 N–H and O–H groups in total. The van der Waals surface area contributed by atoms with Crippen LogP contribution in [0.3, 0.4) is 0 Å². The molecular formula is C33H58N6. The first-order valence-corrected chi connectivity index (χ1v) is 16.0. The van der Waals surface area contributed by atoms with E-state index >= 15 is 0 Å². The molecule has 1 aromatic heterocycles. The summed E-state index contributed by atoms with van der Waals surface area (Å²) in [6, 6.07) is 10.7. The second-order valence-electron chi connectivity index (χ2n) is 10.9. The molecule has 0 amide bonds. The van der Waals surface area contributed by atoms with Crippen LogP contribution in [-0.2, 0) is 13.0 Å². The van der Waals surface area contributed by atoms with Crippen LogP contribution in [0.2, 0.25) is 0 Å². The summed E-state index contributed by atoms with van der Waals surface area (Å²) in [5.74, 6) is 2.23. The lowest BCUT2D eigenvalue weighted by molar-refractivity contribution is 0.584. The Morgan fingerprint density at radius 2 is 1.15 bits per heavy atom. The van der Waals surface area contributed by atoms with Crippen molar-refractivity contribution in [3.05, 3.63) is 41.5 Å². The number of anilines is 3. The van der Waals surface area contributed by atoms with Crippen molar-refractivity contribution in [1.82, 2.24) is 15.3 Å². The van der Waals surface area contributed by atoms with Gasteiger partial charge in [0.2, 0.25) is 5.95 Å². The molecule has 0 unspecified atom stereocenters. The largest absolute Gasteiger partial charge is 0.368 e. The van der Waals surface area contributed by atoms with E-state index in [1.165, 1.54) is 88.2 Å². The highest BCUT2D eigenvalue weighted by molar-refractivity contribution is 5.55. The standard InChI is InChI=1S/C17H22N6.2C8H18/c18-17-20-15(22-9-6-19-7-10-22)11-16(21-17)23-8-5-13-3-1-2-4-14(13)12-23;2*1-3-5-7-8-6-4-2/h1-4,11,19H,5-10,12H2,(H2,18,20,21);2*3-8H2,1-2H3. The predicted octanol–water partition coefficient (Wildman–Crippen LogP) is 7.76. The van der Waals surface area contributed by atoms with Gasteiger partial charge < -0.3 is 20.9 Å². The van der Waals surface area contributed by atoms with Crippen molar-refractivity contribution in [3.63, 3.8) is 0 Å². The fourth-order valence-corrected chi connectivity index (χ4v) is 5.06. The normalized spacial score (nSPS) is 14.6. The molecule has 1 fully saturated rings. The minimum Gasteiger partial charge on any atom is -0.368 e. The monoisotopic (exact) mass is 538 g/mol. The van der Waals surface area contributed by atoms with Crippen molar-refractivity contribution in [3.8, 4) is 0 Å². The summed E-state index contributed by atoms with van der Waals surface area (Å²) in [5, 5.41) is 3.36. The lowest BCUT2D eigenvalue weighted by Crippen LogP contribution is -2.44. The molecule has 0 radical (unpaired) electrons. The number of rotatable bonds is 12. The average Bonchev–Trinajstić information content (AvgIpc) is 2.98. The summed E-state index contributed by atoms with van der Waals surface area (Å²) in [6.07, 6.45) is 18.0. The molecule has 220 valence electrons. The number of hydrogen-bond donors (Lipinski definition) is 2. The minimum absolute atomic E-state index is 0.356. The van der Waals surface area contributed by atoms with Crippen LogP contribution in [0, 0.1) is 0 Å². The van der Waals surface area contributed by atoms with Crippen LogP contribution >= 0.6 is 0 Å². The van der Waals surface area contributed by atoms with Gasteiger partial charge in [0.15, 0.2) is 0 Å². The quantitative estimate of drug-likeness (QED) is 0.269. The summed E-state index contributed by atoms with van der Waals surface area (Å²) in [5.41, 5.74) is 8.79. The number of aromatic nitrogens is 2. The minimum atomic E-state index is 0.356. The van der Waals surface area contributed by atoms with E-state index in [1.54, 1.807) is 0 Å². The van der Waals surface area contributed by atoms with Gasteiger partial charge in [-0.3, -0.25) is 0 Å². The molecule has 4 rings (SSSR count). The van der Waals surface area contributed by atoms with Crippen molar-refractivity contribution < 1.29 is 0 Å². The maximum absolute atomic E-state index is 5.98. The van der Waals surface area contributed by atoms with E-state index in [0.29, 0.717) is 5.95 Å². The summed E-state index contributed by atoms with van der Waals surface area (Å²) >= 11 is 0. The molecule has 2 aliphatic heterocycles. The molecule has 1 saturated heterocycles. The number of fused-ring (bicyclic) bond motifs is 1. The zero-order chi connectivity index (χ0) is 28.1. The summed E-state index contributed by atoms with van der Waals surface area (Å²) in [4.78, 5) is 13.5. The Bertz CT molecular complexity index is 856. The van der Waals surface area contributed by atoms with E-state index in [1.807, 2.05) is 0 Å². The molecule has 0 saturated carbocycles. The van der Waals surface area contributed by atoms with Gasteiger partial charge in [0.1, 0.15) is 11.6 Å². The van der Waals surface area contributed by atoms with Gasteiger partial charge in [-0.1, -0.05) is 129 Å². The number of unbranched alkanes of at least 4 members (excludes halogenated alkanes) is 10. The summed E-state index contributed by atoms with van der Waals surface area (Å²) in [7, 11) is 0. The number of nitrogen functional groups attached to an aromatic ring is 1. The zero-order valence-electron chi connectivity index (χ0n) is 25.7. The molecular weight excluding hydrogens is 480 g/mol. The Balaban J connectivity index is 0.000000277. The van der Waals surface area contributed by atoms with E-state index in [2.05, 4.69) is 83.1 Å². The van der Waals surface area contributed by atoms with Crippen LogP contribution in [0.5, 0.6) is 0 Å². The Morgan fingerprint density at radius 3 is 1.67 bits per heavy atom. The van der Waals surface area contributed by atoms with Gasteiger partial charge in [0.05, 0.1) is 0 Å². The number of nitrogens with zero attached hydrogens (tertiary/aromatic N) is 4. The smallest absolute Gasteiger partial charge is 0.223 e. The van der Waals surface area contributed by atoms with Gasteiger partial charge in [-0.15, -0.1) is 0 Å². The van der Waals surface area contributed by atoms with Crippen molar-refractivity contribution in [1.29, 1.82) is 0 Å². The van der Waals surface area contributed by atoms with Crippen molar-refractivity contribution in [2.75, 3.05) is 48.3 Å². The maximum atomic E-state index is 5.98. The molecule has 1 aromatic carbocycles. The number of nitrogens with one attached hydrogen (secondary N) is 1. The fourth-order valence-electron chi connectivity index (χ4n) is 5.06. The molecule has 6 nitrogen and oxygen atoms in total. The van der Waals surface area contributed by atoms with Gasteiger partial charge >= 0.3 is 0 Å². The van der Waals surface area contributed by atoms with Crippen LogP contribution in [-0.4, -0.2) is 42.7 Å². The third-order valence-corrected chi connectivity index (χ3v) is 7.53. The Kier molecular flexibility index (Phi) is 17.3. The molecule has 0 atom stereocenters. The topological polar surface area (TPSA) is 70.3 Å². The second-order valence-corrected chi connectivity index (χ2v) is 10.9. The van der Waals surface area contributed by atoms with Crippen molar-refractivity contribution in [2.24, 2.45) is 0 Å². The van der Waals surface area contributed by atoms with E-state index in [4.69, 9.17) is 5.73 Å². The Hall–Kier alpha value is -2.34. The average molecular weight is 539 g/mol. The van der Waals surface area contributed by atoms with Crippen LogP contribution in [0.1, 0.15) is 116 Å². The molecule has 3 heterocycles. The van der Waals surface area contributed by atoms with E-state index in [9.17, 15) is 0 Å². The van der Waals surface area contributed by atoms with Gasteiger partial charge in [-0.05, 0) is 17.5 Å². The van der Waals surface area contributed by atoms with E-state index < -0.39 is 0 Å². The fraction of sp³-hybridized carbons (Fsp3) is 0.697. The Morgan fingerprint density at radius 1 is 0.667 bits per heavy atom. The van der Waals surface area contributed by atoms with E-state index in [-0.39, 0.29) is 0 Å². The highest BCUT2D eigenvalue weighted by Crippen LogP contribution is 2.26. The number of piperazine rings is 1. The van der Waals surface area contributed by atoms with Crippen LogP contribution in [0.25, 0.3) is 0 Å². The van der Waals surface area contributed by atoms with Crippen LogP contribution < -0.4 is 20.9 Å². The maximum Gasteiger partial charge on any atom is 0.223 e. The molecule has 39 heavy (non-hydrogen) atoms. The van der Waals surface area contributed by atoms with Crippen LogP contribution in [0.15, 0.2) is 30.3 Å². The molecule has 0 spiro atoms. The third kappa shape index (κ3) is 13.0. The molecule has 0 aliphatic carbocycles. The van der Waals surface area contributed by atoms with E-state index in [0.717, 1.165) is 57.3 Å². The summed E-state index contributed by atoms with van der Waals surface area (Å²) < 4.78 is 0. The van der Waals surface area contributed by atoms with Crippen LogP contribution in [0.4, 0.5) is 17.6 Å². The molecule has 0 bridgehead atoms. The molecule has 2 aliphatic rings. The predicted molar refractivity (Wildman–Crippen MR) is 171 cm³/mol. The lowest BCUT2D eigenvalue weighted by atomic mass is 10.00. The number of hydrogen-bond acceptors (Lipinski definition) is 6. The zero-order valence-corrected chi connectivity index (χ0v) is 25.7. The number of benzene rings is 1.